The fourth-order valence-corrected chi connectivity index (χ4v) is 1.72. The minimum absolute atomic E-state index is 0.559. The maximum Gasteiger partial charge on any atom is 0.161 e. The van der Waals surface area contributed by atoms with Crippen molar-refractivity contribution in [3.8, 4) is 11.5 Å². The van der Waals surface area contributed by atoms with Crippen molar-refractivity contribution in [2.24, 2.45) is 5.92 Å². The second kappa shape index (κ2) is 7.75. The first-order valence-corrected chi connectivity index (χ1v) is 6.59. The van der Waals surface area contributed by atoms with E-state index in [0.29, 0.717) is 36.2 Å². The van der Waals surface area contributed by atoms with Crippen molar-refractivity contribution >= 4 is 6.29 Å². The fraction of sp³-hybridized carbons (Fsp3) is 0.533. The summed E-state index contributed by atoms with van der Waals surface area (Å²) in [5.74, 6) is 1.92. The average molecular weight is 250 g/mol. The lowest BCUT2D eigenvalue weighted by Crippen LogP contribution is -2.11. The minimum atomic E-state index is 0.559. The third kappa shape index (κ3) is 4.06. The quantitative estimate of drug-likeness (QED) is 0.660. The van der Waals surface area contributed by atoms with E-state index in [1.165, 1.54) is 0 Å². The summed E-state index contributed by atoms with van der Waals surface area (Å²) in [5.41, 5.74) is 0.605. The zero-order valence-corrected chi connectivity index (χ0v) is 11.4. The zero-order chi connectivity index (χ0) is 13.4. The largest absolute Gasteiger partial charge is 0.490 e. The highest BCUT2D eigenvalue weighted by molar-refractivity contribution is 5.76. The summed E-state index contributed by atoms with van der Waals surface area (Å²) in [4.78, 5) is 10.7. The molecule has 0 saturated carbocycles. The molecule has 0 spiro atoms. The van der Waals surface area contributed by atoms with Crippen LogP contribution in [0.4, 0.5) is 0 Å². The smallest absolute Gasteiger partial charge is 0.161 e. The Morgan fingerprint density at radius 2 is 1.83 bits per heavy atom. The van der Waals surface area contributed by atoms with E-state index in [2.05, 4.69) is 13.8 Å². The summed E-state index contributed by atoms with van der Waals surface area (Å²) < 4.78 is 11.3. The Labute approximate surface area is 109 Å². The molecule has 0 aliphatic heterocycles. The van der Waals surface area contributed by atoms with Crippen LogP contribution in [0, 0.1) is 5.92 Å². The van der Waals surface area contributed by atoms with Crippen molar-refractivity contribution in [1.82, 2.24) is 0 Å². The van der Waals surface area contributed by atoms with Gasteiger partial charge in [0.1, 0.15) is 6.29 Å². The van der Waals surface area contributed by atoms with Crippen LogP contribution in [0.2, 0.25) is 0 Å². The molecule has 3 nitrogen and oxygen atoms in total. The zero-order valence-electron chi connectivity index (χ0n) is 11.4. The van der Waals surface area contributed by atoms with Gasteiger partial charge in [0.25, 0.3) is 0 Å². The van der Waals surface area contributed by atoms with E-state index in [4.69, 9.17) is 9.47 Å². The highest BCUT2D eigenvalue weighted by Gasteiger charge is 2.09. The SMILES string of the molecule is CCOc1cc(C=O)ccc1OCC(CC)CC. The third-order valence-electron chi connectivity index (χ3n) is 3.03. The van der Waals surface area contributed by atoms with Crippen molar-refractivity contribution in [2.45, 2.75) is 33.6 Å². The molecule has 0 aliphatic carbocycles. The van der Waals surface area contributed by atoms with Crippen molar-refractivity contribution in [3.05, 3.63) is 23.8 Å². The molecule has 0 aliphatic rings. The summed E-state index contributed by atoms with van der Waals surface area (Å²) in [7, 11) is 0. The van der Waals surface area contributed by atoms with Gasteiger partial charge in [0, 0.05) is 5.56 Å². The lowest BCUT2D eigenvalue weighted by Gasteiger charge is -2.16. The first kappa shape index (κ1) is 14.6. The summed E-state index contributed by atoms with van der Waals surface area (Å²) in [5, 5.41) is 0. The molecule has 0 radical (unpaired) electrons. The molecule has 18 heavy (non-hydrogen) atoms. The van der Waals surface area contributed by atoms with Gasteiger partial charge in [-0.2, -0.15) is 0 Å². The van der Waals surface area contributed by atoms with Crippen molar-refractivity contribution in [3.63, 3.8) is 0 Å². The monoisotopic (exact) mass is 250 g/mol. The lowest BCUT2D eigenvalue weighted by molar-refractivity contribution is 0.112. The number of ether oxygens (including phenoxy) is 2. The molecule has 1 rings (SSSR count). The van der Waals surface area contributed by atoms with Gasteiger partial charge in [-0.1, -0.05) is 26.7 Å². The van der Waals surface area contributed by atoms with E-state index in [1.54, 1.807) is 18.2 Å². The molecule has 1 aromatic rings. The van der Waals surface area contributed by atoms with E-state index in [9.17, 15) is 4.79 Å². The number of hydrogen-bond acceptors (Lipinski definition) is 3. The molecular formula is C15H22O3. The van der Waals surface area contributed by atoms with Crippen LogP contribution in [0.15, 0.2) is 18.2 Å². The summed E-state index contributed by atoms with van der Waals surface area (Å²) in [6, 6.07) is 5.27. The molecule has 0 saturated heterocycles. The second-order valence-electron chi connectivity index (χ2n) is 4.25. The number of hydrogen-bond donors (Lipinski definition) is 0. The van der Waals surface area contributed by atoms with E-state index in [1.807, 2.05) is 6.92 Å². The van der Waals surface area contributed by atoms with E-state index in [-0.39, 0.29) is 0 Å². The highest BCUT2D eigenvalue weighted by Crippen LogP contribution is 2.28. The number of carbonyl (C=O) groups is 1. The average Bonchev–Trinajstić information content (AvgIpc) is 2.41. The Balaban J connectivity index is 2.77. The van der Waals surface area contributed by atoms with Gasteiger partial charge in [0.15, 0.2) is 11.5 Å². The molecule has 0 unspecified atom stereocenters. The Bertz CT molecular complexity index is 370. The van der Waals surface area contributed by atoms with Gasteiger partial charge in [-0.15, -0.1) is 0 Å². The Kier molecular flexibility index (Phi) is 6.26. The maximum atomic E-state index is 10.7. The Hall–Kier alpha value is -1.51. The van der Waals surface area contributed by atoms with E-state index >= 15 is 0 Å². The van der Waals surface area contributed by atoms with Crippen LogP contribution in [0.1, 0.15) is 44.0 Å². The van der Waals surface area contributed by atoms with Gasteiger partial charge in [-0.25, -0.2) is 0 Å². The van der Waals surface area contributed by atoms with Crippen molar-refractivity contribution < 1.29 is 14.3 Å². The first-order valence-electron chi connectivity index (χ1n) is 6.59. The van der Waals surface area contributed by atoms with E-state index in [0.717, 1.165) is 19.1 Å². The molecule has 0 heterocycles. The molecular weight excluding hydrogens is 228 g/mol. The molecule has 0 bridgehead atoms. The predicted octanol–water partition coefficient (Wildman–Crippen LogP) is 3.71. The van der Waals surface area contributed by atoms with Gasteiger partial charge in [-0.3, -0.25) is 4.79 Å². The summed E-state index contributed by atoms with van der Waals surface area (Å²) in [6.45, 7) is 7.49. The third-order valence-corrected chi connectivity index (χ3v) is 3.03. The number of carbonyl (C=O) groups excluding carboxylic acids is 1. The van der Waals surface area contributed by atoms with Gasteiger partial charge in [-0.05, 0) is 31.0 Å². The molecule has 0 amide bonds. The predicted molar refractivity (Wildman–Crippen MR) is 72.6 cm³/mol. The lowest BCUT2D eigenvalue weighted by atomic mass is 10.1. The fourth-order valence-electron chi connectivity index (χ4n) is 1.72. The Morgan fingerprint density at radius 1 is 1.11 bits per heavy atom. The molecule has 0 atom stereocenters. The van der Waals surface area contributed by atoms with Gasteiger partial charge in [0.05, 0.1) is 13.2 Å². The molecule has 3 heteroatoms. The molecule has 0 N–H and O–H groups in total. The van der Waals surface area contributed by atoms with E-state index < -0.39 is 0 Å². The standard InChI is InChI=1S/C15H22O3/c1-4-12(5-2)11-18-14-8-7-13(10-16)9-15(14)17-6-3/h7-10,12H,4-6,11H2,1-3H3. The number of aldehydes is 1. The maximum absolute atomic E-state index is 10.7. The van der Waals surface area contributed by atoms with Crippen LogP contribution in [0.5, 0.6) is 11.5 Å². The van der Waals surface area contributed by atoms with Crippen LogP contribution in [-0.2, 0) is 0 Å². The highest BCUT2D eigenvalue weighted by atomic mass is 16.5. The van der Waals surface area contributed by atoms with Crippen molar-refractivity contribution in [1.29, 1.82) is 0 Å². The van der Waals surface area contributed by atoms with Crippen LogP contribution in [-0.4, -0.2) is 19.5 Å². The normalized spacial score (nSPS) is 10.4. The summed E-state index contributed by atoms with van der Waals surface area (Å²) >= 11 is 0. The molecule has 1 aromatic carbocycles. The van der Waals surface area contributed by atoms with Gasteiger partial charge >= 0.3 is 0 Å². The van der Waals surface area contributed by atoms with Crippen LogP contribution < -0.4 is 9.47 Å². The van der Waals surface area contributed by atoms with Crippen LogP contribution >= 0.6 is 0 Å². The molecule has 0 aromatic heterocycles. The second-order valence-corrected chi connectivity index (χ2v) is 4.25. The Morgan fingerprint density at radius 3 is 2.39 bits per heavy atom. The van der Waals surface area contributed by atoms with Gasteiger partial charge < -0.3 is 9.47 Å². The number of rotatable bonds is 8. The minimum Gasteiger partial charge on any atom is -0.490 e. The topological polar surface area (TPSA) is 35.5 Å². The molecule has 0 fully saturated rings. The van der Waals surface area contributed by atoms with Crippen LogP contribution in [0.3, 0.4) is 0 Å². The van der Waals surface area contributed by atoms with Crippen molar-refractivity contribution in [2.75, 3.05) is 13.2 Å². The van der Waals surface area contributed by atoms with Crippen LogP contribution in [0.25, 0.3) is 0 Å². The molecule has 100 valence electrons. The van der Waals surface area contributed by atoms with Gasteiger partial charge in [0.2, 0.25) is 0 Å². The number of benzene rings is 1. The first-order chi connectivity index (χ1) is 8.74. The summed E-state index contributed by atoms with van der Waals surface area (Å²) in [6.07, 6.45) is 3.02.